The van der Waals surface area contributed by atoms with Crippen molar-refractivity contribution in [3.05, 3.63) is 42.2 Å². The van der Waals surface area contributed by atoms with Gasteiger partial charge in [0.05, 0.1) is 13.2 Å². The number of morpholine rings is 1. The highest BCUT2D eigenvalue weighted by molar-refractivity contribution is 6.05. The summed E-state index contributed by atoms with van der Waals surface area (Å²) in [4.78, 5) is 18.8. The summed E-state index contributed by atoms with van der Waals surface area (Å²) < 4.78 is 5.31. The van der Waals surface area contributed by atoms with Gasteiger partial charge in [0.2, 0.25) is 0 Å². The van der Waals surface area contributed by atoms with Gasteiger partial charge >= 0.3 is 0 Å². The average Bonchev–Trinajstić information content (AvgIpc) is 2.55. The first kappa shape index (κ1) is 14.0. The summed E-state index contributed by atoms with van der Waals surface area (Å²) in [7, 11) is 0. The number of hydrogen-bond donors (Lipinski definition) is 1. The second-order valence-electron chi connectivity index (χ2n) is 5.09. The van der Waals surface area contributed by atoms with Crippen molar-refractivity contribution in [2.75, 3.05) is 39.4 Å². The lowest BCUT2D eigenvalue weighted by Crippen LogP contribution is -2.41. The Morgan fingerprint density at radius 1 is 1.24 bits per heavy atom. The van der Waals surface area contributed by atoms with E-state index < -0.39 is 0 Å². The number of carbonyl (C=O) groups excluding carboxylic acids is 1. The van der Waals surface area contributed by atoms with Crippen molar-refractivity contribution in [3.8, 4) is 0 Å². The molecule has 1 aliphatic heterocycles. The molecular weight excluding hydrogens is 266 g/mol. The van der Waals surface area contributed by atoms with E-state index in [4.69, 9.17) is 4.74 Å². The molecule has 1 aromatic carbocycles. The SMILES string of the molecule is O=C(NCCN1CCOCC1)c1nccc2ccccc12. The third kappa shape index (κ3) is 3.37. The molecule has 3 rings (SSSR count). The largest absolute Gasteiger partial charge is 0.379 e. The van der Waals surface area contributed by atoms with Crippen molar-refractivity contribution in [2.45, 2.75) is 0 Å². The van der Waals surface area contributed by atoms with Gasteiger partial charge in [-0.1, -0.05) is 24.3 Å². The maximum atomic E-state index is 12.3. The Kier molecular flexibility index (Phi) is 4.43. The van der Waals surface area contributed by atoms with Crippen LogP contribution in [0.25, 0.3) is 10.8 Å². The molecule has 0 bridgehead atoms. The Bertz CT molecular complexity index is 618. The fourth-order valence-corrected chi connectivity index (χ4v) is 2.54. The normalized spacial score (nSPS) is 16.0. The topological polar surface area (TPSA) is 54.5 Å². The van der Waals surface area contributed by atoms with Crippen molar-refractivity contribution in [1.82, 2.24) is 15.2 Å². The molecule has 110 valence electrons. The second-order valence-corrected chi connectivity index (χ2v) is 5.09. The number of benzene rings is 1. The minimum atomic E-state index is -0.111. The molecule has 1 N–H and O–H groups in total. The zero-order chi connectivity index (χ0) is 14.5. The number of ether oxygens (including phenoxy) is 1. The highest BCUT2D eigenvalue weighted by Crippen LogP contribution is 2.15. The van der Waals surface area contributed by atoms with Crippen LogP contribution in [0.15, 0.2) is 36.5 Å². The van der Waals surface area contributed by atoms with Crippen LogP contribution in [0, 0.1) is 0 Å². The van der Waals surface area contributed by atoms with E-state index in [0.29, 0.717) is 12.2 Å². The fraction of sp³-hybridized carbons (Fsp3) is 0.375. The van der Waals surface area contributed by atoms with Crippen LogP contribution in [0.1, 0.15) is 10.5 Å². The Morgan fingerprint density at radius 2 is 2.05 bits per heavy atom. The van der Waals surface area contributed by atoms with Crippen molar-refractivity contribution in [3.63, 3.8) is 0 Å². The summed E-state index contributed by atoms with van der Waals surface area (Å²) in [5, 5.41) is 4.88. The number of hydrogen-bond acceptors (Lipinski definition) is 4. The van der Waals surface area contributed by atoms with Crippen LogP contribution >= 0.6 is 0 Å². The van der Waals surface area contributed by atoms with Crippen LogP contribution in [0.3, 0.4) is 0 Å². The number of nitrogens with zero attached hydrogens (tertiary/aromatic N) is 2. The van der Waals surface area contributed by atoms with Gasteiger partial charge in [-0.25, -0.2) is 0 Å². The first-order chi connectivity index (χ1) is 10.3. The van der Waals surface area contributed by atoms with E-state index in [1.165, 1.54) is 0 Å². The van der Waals surface area contributed by atoms with E-state index in [2.05, 4.69) is 15.2 Å². The zero-order valence-corrected chi connectivity index (χ0v) is 11.9. The van der Waals surface area contributed by atoms with Crippen LogP contribution in [-0.2, 0) is 4.74 Å². The maximum absolute atomic E-state index is 12.3. The Balaban J connectivity index is 1.61. The molecule has 0 unspecified atom stereocenters. The van der Waals surface area contributed by atoms with E-state index in [-0.39, 0.29) is 5.91 Å². The Labute approximate surface area is 123 Å². The number of pyridine rings is 1. The van der Waals surface area contributed by atoms with E-state index in [1.54, 1.807) is 6.20 Å². The lowest BCUT2D eigenvalue weighted by molar-refractivity contribution is 0.0383. The Morgan fingerprint density at radius 3 is 2.90 bits per heavy atom. The summed E-state index contributed by atoms with van der Waals surface area (Å²) in [6.45, 7) is 4.89. The molecule has 1 amide bonds. The van der Waals surface area contributed by atoms with Crippen molar-refractivity contribution in [2.24, 2.45) is 0 Å². The van der Waals surface area contributed by atoms with Crippen LogP contribution in [0.4, 0.5) is 0 Å². The molecule has 0 aliphatic carbocycles. The molecule has 2 heterocycles. The zero-order valence-electron chi connectivity index (χ0n) is 11.9. The van der Waals surface area contributed by atoms with Gasteiger partial charge in [0, 0.05) is 37.8 Å². The average molecular weight is 285 g/mol. The Hall–Kier alpha value is -1.98. The minimum absolute atomic E-state index is 0.111. The van der Waals surface area contributed by atoms with Crippen molar-refractivity contribution in [1.29, 1.82) is 0 Å². The number of nitrogens with one attached hydrogen (secondary N) is 1. The second kappa shape index (κ2) is 6.65. The number of fused-ring (bicyclic) bond motifs is 1. The summed E-state index contributed by atoms with van der Waals surface area (Å²) in [6, 6.07) is 9.72. The summed E-state index contributed by atoms with van der Waals surface area (Å²) in [6.07, 6.45) is 1.68. The molecule has 1 aromatic heterocycles. The molecule has 0 atom stereocenters. The first-order valence-corrected chi connectivity index (χ1v) is 7.26. The predicted molar refractivity (Wildman–Crippen MR) is 81.3 cm³/mol. The maximum Gasteiger partial charge on any atom is 0.270 e. The van der Waals surface area contributed by atoms with Gasteiger partial charge in [0.1, 0.15) is 5.69 Å². The molecule has 5 heteroatoms. The van der Waals surface area contributed by atoms with Gasteiger partial charge < -0.3 is 10.1 Å². The van der Waals surface area contributed by atoms with E-state index in [0.717, 1.165) is 43.6 Å². The van der Waals surface area contributed by atoms with Crippen LogP contribution in [0.2, 0.25) is 0 Å². The van der Waals surface area contributed by atoms with Crippen molar-refractivity contribution < 1.29 is 9.53 Å². The smallest absolute Gasteiger partial charge is 0.270 e. The highest BCUT2D eigenvalue weighted by atomic mass is 16.5. The van der Waals surface area contributed by atoms with Gasteiger partial charge in [0.25, 0.3) is 5.91 Å². The van der Waals surface area contributed by atoms with Gasteiger partial charge in [0.15, 0.2) is 0 Å². The minimum Gasteiger partial charge on any atom is -0.379 e. The third-order valence-corrected chi connectivity index (χ3v) is 3.71. The van der Waals surface area contributed by atoms with Crippen molar-refractivity contribution >= 4 is 16.7 Å². The van der Waals surface area contributed by atoms with E-state index >= 15 is 0 Å². The number of rotatable bonds is 4. The predicted octanol–water partition coefficient (Wildman–Crippen LogP) is 1.30. The molecule has 0 spiro atoms. The molecule has 21 heavy (non-hydrogen) atoms. The van der Waals surface area contributed by atoms with Crippen LogP contribution in [-0.4, -0.2) is 55.2 Å². The lowest BCUT2D eigenvalue weighted by Gasteiger charge is -2.26. The van der Waals surface area contributed by atoms with Gasteiger partial charge in [-0.05, 0) is 11.5 Å². The van der Waals surface area contributed by atoms with E-state index in [1.807, 2.05) is 30.3 Å². The summed E-state index contributed by atoms with van der Waals surface area (Å²) >= 11 is 0. The summed E-state index contributed by atoms with van der Waals surface area (Å²) in [5.74, 6) is -0.111. The van der Waals surface area contributed by atoms with Crippen LogP contribution in [0.5, 0.6) is 0 Å². The van der Waals surface area contributed by atoms with Crippen LogP contribution < -0.4 is 5.32 Å². The molecule has 1 saturated heterocycles. The van der Waals surface area contributed by atoms with Gasteiger partial charge in [-0.3, -0.25) is 14.7 Å². The number of amides is 1. The molecule has 1 aliphatic rings. The lowest BCUT2D eigenvalue weighted by atomic mass is 10.1. The third-order valence-electron chi connectivity index (χ3n) is 3.71. The standard InChI is InChI=1S/C16H19N3O2/c20-16(18-7-8-19-9-11-21-12-10-19)15-14-4-2-1-3-13(14)5-6-17-15/h1-6H,7-12H2,(H,18,20). The van der Waals surface area contributed by atoms with E-state index in [9.17, 15) is 4.79 Å². The summed E-state index contributed by atoms with van der Waals surface area (Å²) in [5.41, 5.74) is 0.495. The molecule has 1 fully saturated rings. The quantitative estimate of drug-likeness (QED) is 0.920. The molecule has 2 aromatic rings. The number of carbonyl (C=O) groups is 1. The monoisotopic (exact) mass is 285 g/mol. The molecular formula is C16H19N3O2. The first-order valence-electron chi connectivity index (χ1n) is 7.26. The number of aromatic nitrogens is 1. The molecule has 0 radical (unpaired) electrons. The highest BCUT2D eigenvalue weighted by Gasteiger charge is 2.13. The van der Waals surface area contributed by atoms with Gasteiger partial charge in [-0.15, -0.1) is 0 Å². The van der Waals surface area contributed by atoms with Gasteiger partial charge in [-0.2, -0.15) is 0 Å². The molecule has 5 nitrogen and oxygen atoms in total. The molecule has 0 saturated carbocycles. The fourth-order valence-electron chi connectivity index (χ4n) is 2.54.